The number of amides is 1. The minimum atomic E-state index is -0.385. The van der Waals surface area contributed by atoms with E-state index in [4.69, 9.17) is 10.00 Å². The maximum Gasteiger partial charge on any atom is 0.254 e. The molecule has 0 aromatic heterocycles. The molecule has 0 atom stereocenters. The lowest BCUT2D eigenvalue weighted by atomic mass is 10.2. The second kappa shape index (κ2) is 9.86. The lowest BCUT2D eigenvalue weighted by molar-refractivity contribution is 0.0760. The molecule has 0 spiro atoms. The zero-order valence-corrected chi connectivity index (χ0v) is 15.8. The Kier molecular flexibility index (Phi) is 6.99. The smallest absolute Gasteiger partial charge is 0.254 e. The molecule has 1 aliphatic rings. The summed E-state index contributed by atoms with van der Waals surface area (Å²) in [6.07, 6.45) is 1.79. The van der Waals surface area contributed by atoms with Gasteiger partial charge in [0, 0.05) is 31.7 Å². The third kappa shape index (κ3) is 5.54. The molecule has 2 aromatic rings. The van der Waals surface area contributed by atoms with Gasteiger partial charge in [-0.25, -0.2) is 4.39 Å². The van der Waals surface area contributed by atoms with Gasteiger partial charge >= 0.3 is 0 Å². The van der Waals surface area contributed by atoms with Crippen LogP contribution < -0.4 is 4.74 Å². The summed E-state index contributed by atoms with van der Waals surface area (Å²) in [5, 5.41) is 8.80. The molecule has 0 unspecified atom stereocenters. The van der Waals surface area contributed by atoms with Gasteiger partial charge in [0.25, 0.3) is 5.91 Å². The molecule has 1 aliphatic heterocycles. The normalized spacial score (nSPS) is 14.9. The molecule has 6 heteroatoms. The van der Waals surface area contributed by atoms with Crippen molar-refractivity contribution >= 4 is 5.91 Å². The van der Waals surface area contributed by atoms with Gasteiger partial charge in [0.05, 0.1) is 18.2 Å². The number of nitriles is 1. The van der Waals surface area contributed by atoms with E-state index in [0.717, 1.165) is 38.2 Å². The average Bonchev–Trinajstić information content (AvgIpc) is 2.97. The predicted octanol–water partition coefficient (Wildman–Crippen LogP) is 3.31. The van der Waals surface area contributed by atoms with Crippen molar-refractivity contribution in [2.24, 2.45) is 0 Å². The van der Waals surface area contributed by atoms with Gasteiger partial charge < -0.3 is 14.5 Å². The Bertz CT molecular complexity index is 832. The first kappa shape index (κ1) is 19.8. The molecule has 5 nitrogen and oxygen atoms in total. The zero-order chi connectivity index (χ0) is 19.8. The topological polar surface area (TPSA) is 56.6 Å². The molecule has 0 N–H and O–H groups in total. The number of benzene rings is 2. The lowest BCUT2D eigenvalue weighted by Gasteiger charge is -2.22. The molecule has 28 heavy (non-hydrogen) atoms. The molecule has 0 saturated carbocycles. The minimum Gasteiger partial charge on any atom is -0.494 e. The Morgan fingerprint density at radius 2 is 1.93 bits per heavy atom. The van der Waals surface area contributed by atoms with Crippen LogP contribution in [0.25, 0.3) is 0 Å². The van der Waals surface area contributed by atoms with Crippen molar-refractivity contribution in [3.63, 3.8) is 0 Å². The molecule has 1 heterocycles. The first-order valence-corrected chi connectivity index (χ1v) is 9.56. The second-order valence-corrected chi connectivity index (χ2v) is 6.84. The van der Waals surface area contributed by atoms with Crippen molar-refractivity contribution in [1.82, 2.24) is 9.80 Å². The molecule has 1 amide bonds. The van der Waals surface area contributed by atoms with Crippen LogP contribution in [0, 0.1) is 17.1 Å². The summed E-state index contributed by atoms with van der Waals surface area (Å²) in [5.41, 5.74) is 1.03. The number of hydrogen-bond donors (Lipinski definition) is 0. The zero-order valence-electron chi connectivity index (χ0n) is 15.8. The standard InChI is InChI=1S/C22H24FN3O2/c23-20-5-1-4-19(16-20)22(27)26-12-2-10-25(13-14-26)11-3-15-28-21-8-6-18(17-24)7-9-21/h1,4-9,16H,2-3,10-15H2. The van der Waals surface area contributed by atoms with E-state index >= 15 is 0 Å². The molecular weight excluding hydrogens is 357 g/mol. The lowest BCUT2D eigenvalue weighted by Crippen LogP contribution is -2.35. The fourth-order valence-electron chi connectivity index (χ4n) is 3.31. The van der Waals surface area contributed by atoms with Crippen molar-refractivity contribution in [3.05, 3.63) is 65.5 Å². The van der Waals surface area contributed by atoms with Gasteiger partial charge in [0.1, 0.15) is 11.6 Å². The van der Waals surface area contributed by atoms with Crippen molar-refractivity contribution in [1.29, 1.82) is 5.26 Å². The predicted molar refractivity (Wildman–Crippen MR) is 105 cm³/mol. The maximum atomic E-state index is 13.4. The largest absolute Gasteiger partial charge is 0.494 e. The molecule has 0 aliphatic carbocycles. The Morgan fingerprint density at radius 3 is 2.68 bits per heavy atom. The van der Waals surface area contributed by atoms with Gasteiger partial charge in [-0.15, -0.1) is 0 Å². The number of carbonyl (C=O) groups is 1. The van der Waals surface area contributed by atoms with Crippen molar-refractivity contribution in [2.75, 3.05) is 39.3 Å². The van der Waals surface area contributed by atoms with Crippen molar-refractivity contribution in [2.45, 2.75) is 12.8 Å². The van der Waals surface area contributed by atoms with E-state index in [1.165, 1.54) is 12.1 Å². The van der Waals surface area contributed by atoms with E-state index in [1.54, 1.807) is 36.4 Å². The molecule has 0 bridgehead atoms. The fraction of sp³-hybridized carbons (Fsp3) is 0.364. The van der Waals surface area contributed by atoms with E-state index in [0.29, 0.717) is 30.8 Å². The molecule has 1 saturated heterocycles. The summed E-state index contributed by atoms with van der Waals surface area (Å²) in [6, 6.07) is 15.1. The van der Waals surface area contributed by atoms with Gasteiger partial charge in [-0.3, -0.25) is 4.79 Å². The van der Waals surface area contributed by atoms with E-state index in [-0.39, 0.29) is 11.7 Å². The van der Waals surface area contributed by atoms with Gasteiger partial charge in [0.15, 0.2) is 0 Å². The van der Waals surface area contributed by atoms with Gasteiger partial charge in [-0.1, -0.05) is 6.07 Å². The summed E-state index contributed by atoms with van der Waals surface area (Å²) in [4.78, 5) is 16.7. The highest BCUT2D eigenvalue weighted by atomic mass is 19.1. The quantitative estimate of drug-likeness (QED) is 0.721. The number of carbonyl (C=O) groups excluding carboxylic acids is 1. The molecule has 2 aromatic carbocycles. The van der Waals surface area contributed by atoms with Crippen LogP contribution in [-0.2, 0) is 0 Å². The number of ether oxygens (including phenoxy) is 1. The first-order chi connectivity index (χ1) is 13.7. The first-order valence-electron chi connectivity index (χ1n) is 9.56. The van der Waals surface area contributed by atoms with E-state index in [9.17, 15) is 9.18 Å². The van der Waals surface area contributed by atoms with Gasteiger partial charge in [-0.2, -0.15) is 5.26 Å². The maximum absolute atomic E-state index is 13.4. The average molecular weight is 381 g/mol. The highest BCUT2D eigenvalue weighted by Crippen LogP contribution is 2.13. The van der Waals surface area contributed by atoms with Crippen LogP contribution in [0.1, 0.15) is 28.8 Å². The van der Waals surface area contributed by atoms with E-state index in [1.807, 2.05) is 4.90 Å². The second-order valence-electron chi connectivity index (χ2n) is 6.84. The van der Waals surface area contributed by atoms with Gasteiger partial charge in [-0.05, 0) is 61.9 Å². The highest BCUT2D eigenvalue weighted by molar-refractivity contribution is 5.94. The molecule has 1 fully saturated rings. The number of hydrogen-bond acceptors (Lipinski definition) is 4. The Labute approximate surface area is 164 Å². The Morgan fingerprint density at radius 1 is 1.11 bits per heavy atom. The monoisotopic (exact) mass is 381 g/mol. The van der Waals surface area contributed by atoms with Crippen LogP contribution in [0.3, 0.4) is 0 Å². The van der Waals surface area contributed by atoms with Gasteiger partial charge in [0.2, 0.25) is 0 Å². The minimum absolute atomic E-state index is 0.106. The van der Waals surface area contributed by atoms with Crippen LogP contribution >= 0.6 is 0 Å². The number of halogens is 1. The molecule has 146 valence electrons. The summed E-state index contributed by atoms with van der Waals surface area (Å²) < 4.78 is 19.1. The summed E-state index contributed by atoms with van der Waals surface area (Å²) in [5.74, 6) is 0.275. The molecule has 3 rings (SSSR count). The Balaban J connectivity index is 1.41. The van der Waals surface area contributed by atoms with Crippen molar-refractivity contribution in [3.8, 4) is 11.8 Å². The van der Waals surface area contributed by atoms with Crippen LogP contribution in [0.5, 0.6) is 5.75 Å². The highest BCUT2D eigenvalue weighted by Gasteiger charge is 2.20. The van der Waals surface area contributed by atoms with Crippen LogP contribution in [0.4, 0.5) is 4.39 Å². The van der Waals surface area contributed by atoms with Crippen molar-refractivity contribution < 1.29 is 13.9 Å². The van der Waals surface area contributed by atoms with Crippen LogP contribution in [0.2, 0.25) is 0 Å². The van der Waals surface area contributed by atoms with Crippen LogP contribution in [0.15, 0.2) is 48.5 Å². The summed E-state index contributed by atoms with van der Waals surface area (Å²) in [6.45, 7) is 4.58. The third-order valence-corrected chi connectivity index (χ3v) is 4.82. The van der Waals surface area contributed by atoms with E-state index in [2.05, 4.69) is 11.0 Å². The fourth-order valence-corrected chi connectivity index (χ4v) is 3.31. The number of rotatable bonds is 6. The Hall–Kier alpha value is -2.91. The number of nitrogens with zero attached hydrogens (tertiary/aromatic N) is 3. The molecule has 0 radical (unpaired) electrons. The van der Waals surface area contributed by atoms with E-state index < -0.39 is 0 Å². The van der Waals surface area contributed by atoms with Crippen LogP contribution in [-0.4, -0.2) is 55.0 Å². The third-order valence-electron chi connectivity index (χ3n) is 4.82. The SMILES string of the molecule is N#Cc1ccc(OCCCN2CCCN(C(=O)c3cccc(F)c3)CC2)cc1. The summed E-state index contributed by atoms with van der Waals surface area (Å²) >= 11 is 0. The molecular formula is C22H24FN3O2. The summed E-state index contributed by atoms with van der Waals surface area (Å²) in [7, 11) is 0.